The Kier molecular flexibility index (Phi) is 3.60. The van der Waals surface area contributed by atoms with Crippen LogP contribution in [0.3, 0.4) is 0 Å². The van der Waals surface area contributed by atoms with Gasteiger partial charge in [0.2, 0.25) is 0 Å². The Morgan fingerprint density at radius 1 is 1.36 bits per heavy atom. The van der Waals surface area contributed by atoms with Crippen molar-refractivity contribution in [2.45, 2.75) is 12.3 Å². The third-order valence-corrected chi connectivity index (χ3v) is 1.59. The van der Waals surface area contributed by atoms with Gasteiger partial charge in [-0.2, -0.15) is 13.2 Å². The minimum atomic E-state index is -4.45. The number of aliphatic hydroxyl groups is 1. The molecule has 0 aromatic heterocycles. The van der Waals surface area contributed by atoms with Gasteiger partial charge in [0.1, 0.15) is 0 Å². The highest BCUT2D eigenvalue weighted by Crippen LogP contribution is 2.27. The summed E-state index contributed by atoms with van der Waals surface area (Å²) in [7, 11) is 0. The van der Waals surface area contributed by atoms with Crippen LogP contribution in [0.5, 0.6) is 0 Å². The van der Waals surface area contributed by atoms with Gasteiger partial charge in [-0.1, -0.05) is 0 Å². The Hall–Kier alpha value is -0.0000000000000000555. The van der Waals surface area contributed by atoms with Crippen LogP contribution in [-0.4, -0.2) is 30.5 Å². The molecule has 1 heterocycles. The van der Waals surface area contributed by atoms with Crippen molar-refractivity contribution in [2.24, 2.45) is 5.92 Å². The van der Waals surface area contributed by atoms with Crippen molar-refractivity contribution in [1.82, 2.24) is 5.32 Å². The fraction of sp³-hybridized carbons (Fsp3) is 1.00. The summed E-state index contributed by atoms with van der Waals surface area (Å²) in [4.78, 5) is 0. The second kappa shape index (κ2) is 3.60. The van der Waals surface area contributed by atoms with E-state index in [0.717, 1.165) is 0 Å². The number of halogens is 4. The average molecular weight is 192 g/mol. The lowest BCUT2D eigenvalue weighted by molar-refractivity contribution is -0.223. The van der Waals surface area contributed by atoms with E-state index in [1.165, 1.54) is 0 Å². The molecular formula is C5H9ClF3NO. The molecule has 0 saturated carbocycles. The van der Waals surface area contributed by atoms with E-state index in [1.807, 2.05) is 0 Å². The van der Waals surface area contributed by atoms with Crippen LogP contribution in [0.2, 0.25) is 0 Å². The van der Waals surface area contributed by atoms with Crippen LogP contribution in [0.4, 0.5) is 13.2 Å². The van der Waals surface area contributed by atoms with Crippen LogP contribution in [0, 0.1) is 5.92 Å². The molecule has 0 radical (unpaired) electrons. The number of aliphatic hydroxyl groups excluding tert-OH is 1. The van der Waals surface area contributed by atoms with Crippen molar-refractivity contribution in [3.63, 3.8) is 0 Å². The Balaban J connectivity index is 0.000001000. The minimum absolute atomic E-state index is 0. The van der Waals surface area contributed by atoms with Gasteiger partial charge in [0.15, 0.2) is 6.10 Å². The summed E-state index contributed by atoms with van der Waals surface area (Å²) in [5.74, 6) is -0.639. The van der Waals surface area contributed by atoms with Crippen LogP contribution in [0.25, 0.3) is 0 Å². The zero-order chi connectivity index (χ0) is 7.78. The summed E-state index contributed by atoms with van der Waals surface area (Å²) in [5.41, 5.74) is 0. The molecule has 2 N–H and O–H groups in total. The van der Waals surface area contributed by atoms with Gasteiger partial charge in [-0.3, -0.25) is 0 Å². The molecule has 6 heteroatoms. The molecule has 1 aliphatic rings. The van der Waals surface area contributed by atoms with Crippen molar-refractivity contribution in [1.29, 1.82) is 0 Å². The predicted molar refractivity (Wildman–Crippen MR) is 35.7 cm³/mol. The van der Waals surface area contributed by atoms with Gasteiger partial charge in [-0.25, -0.2) is 0 Å². The first-order valence-electron chi connectivity index (χ1n) is 2.97. The Morgan fingerprint density at radius 2 is 1.82 bits per heavy atom. The van der Waals surface area contributed by atoms with Crippen LogP contribution in [-0.2, 0) is 0 Å². The van der Waals surface area contributed by atoms with Crippen molar-refractivity contribution in [2.75, 3.05) is 13.1 Å². The maximum atomic E-state index is 11.6. The fourth-order valence-corrected chi connectivity index (χ4v) is 0.802. The van der Waals surface area contributed by atoms with Crippen LogP contribution in [0.1, 0.15) is 0 Å². The van der Waals surface area contributed by atoms with Gasteiger partial charge in [0.05, 0.1) is 0 Å². The summed E-state index contributed by atoms with van der Waals surface area (Å²) in [6.07, 6.45) is -6.60. The monoisotopic (exact) mass is 191 g/mol. The quantitative estimate of drug-likeness (QED) is 0.635. The van der Waals surface area contributed by atoms with Gasteiger partial charge in [-0.05, 0) is 0 Å². The third kappa shape index (κ3) is 2.50. The smallest absolute Gasteiger partial charge is 0.383 e. The normalized spacial score (nSPS) is 21.8. The topological polar surface area (TPSA) is 32.3 Å². The molecule has 0 amide bonds. The number of rotatable bonds is 1. The lowest BCUT2D eigenvalue weighted by Gasteiger charge is -2.32. The van der Waals surface area contributed by atoms with Gasteiger partial charge >= 0.3 is 6.18 Å². The highest BCUT2D eigenvalue weighted by molar-refractivity contribution is 5.85. The standard InChI is InChI=1S/C5H8F3NO.ClH/c6-5(7,8)4(10)3-1-9-2-3;/h3-4,9-10H,1-2H2;1H. The van der Waals surface area contributed by atoms with Crippen molar-refractivity contribution < 1.29 is 18.3 Å². The van der Waals surface area contributed by atoms with E-state index < -0.39 is 18.2 Å². The molecule has 0 aromatic rings. The second-order valence-corrected chi connectivity index (χ2v) is 2.40. The van der Waals surface area contributed by atoms with Crippen molar-refractivity contribution in [3.05, 3.63) is 0 Å². The average Bonchev–Trinajstić information content (AvgIpc) is 1.57. The van der Waals surface area contributed by atoms with E-state index in [2.05, 4.69) is 5.32 Å². The van der Waals surface area contributed by atoms with Crippen LogP contribution in [0.15, 0.2) is 0 Å². The Bertz CT molecular complexity index is 125. The zero-order valence-electron chi connectivity index (χ0n) is 5.56. The second-order valence-electron chi connectivity index (χ2n) is 2.40. The van der Waals surface area contributed by atoms with E-state index in [1.54, 1.807) is 0 Å². The first kappa shape index (κ1) is 11.0. The molecule has 1 unspecified atom stereocenters. The van der Waals surface area contributed by atoms with Crippen molar-refractivity contribution >= 4 is 12.4 Å². The number of alkyl halides is 3. The van der Waals surface area contributed by atoms with Gasteiger partial charge < -0.3 is 10.4 Å². The van der Waals surface area contributed by atoms with E-state index >= 15 is 0 Å². The molecule has 0 aromatic carbocycles. The molecule has 0 bridgehead atoms. The summed E-state index contributed by atoms with van der Waals surface area (Å²) in [6, 6.07) is 0. The highest BCUT2D eigenvalue weighted by atomic mass is 35.5. The molecule has 0 spiro atoms. The largest absolute Gasteiger partial charge is 0.414 e. The maximum Gasteiger partial charge on any atom is 0.414 e. The van der Waals surface area contributed by atoms with Crippen LogP contribution < -0.4 is 5.32 Å². The van der Waals surface area contributed by atoms with Gasteiger partial charge in [0, 0.05) is 19.0 Å². The molecule has 2 nitrogen and oxygen atoms in total. The predicted octanol–water partition coefficient (Wildman–Crippen LogP) is 0.551. The molecule has 1 atom stereocenters. The molecule has 1 aliphatic heterocycles. The van der Waals surface area contributed by atoms with E-state index in [9.17, 15) is 13.2 Å². The lowest BCUT2D eigenvalue weighted by atomic mass is 9.96. The first-order valence-corrected chi connectivity index (χ1v) is 2.97. The summed E-state index contributed by atoms with van der Waals surface area (Å²) in [5, 5.41) is 11.2. The summed E-state index contributed by atoms with van der Waals surface area (Å²) >= 11 is 0. The maximum absolute atomic E-state index is 11.6. The molecule has 0 aliphatic carbocycles. The van der Waals surface area contributed by atoms with Crippen molar-refractivity contribution in [3.8, 4) is 0 Å². The molecule has 68 valence electrons. The molecular weight excluding hydrogens is 183 g/mol. The summed E-state index contributed by atoms with van der Waals surface area (Å²) in [6.45, 7) is 0.529. The Labute approximate surface area is 68.2 Å². The summed E-state index contributed by atoms with van der Waals surface area (Å²) < 4.78 is 34.9. The SMILES string of the molecule is Cl.OC(C1CNC1)C(F)(F)F. The minimum Gasteiger partial charge on any atom is -0.383 e. The molecule has 11 heavy (non-hydrogen) atoms. The molecule has 1 saturated heterocycles. The first-order chi connectivity index (χ1) is 4.52. The van der Waals surface area contributed by atoms with Gasteiger partial charge in [-0.15, -0.1) is 12.4 Å². The Morgan fingerprint density at radius 3 is 1.91 bits per heavy atom. The highest BCUT2D eigenvalue weighted by Gasteiger charge is 2.45. The third-order valence-electron chi connectivity index (χ3n) is 1.59. The number of hydrogen-bond donors (Lipinski definition) is 2. The molecule has 1 fully saturated rings. The van der Waals surface area contributed by atoms with E-state index in [0.29, 0.717) is 0 Å². The van der Waals surface area contributed by atoms with E-state index in [-0.39, 0.29) is 25.5 Å². The number of nitrogens with one attached hydrogen (secondary N) is 1. The van der Waals surface area contributed by atoms with Gasteiger partial charge in [0.25, 0.3) is 0 Å². The zero-order valence-corrected chi connectivity index (χ0v) is 6.37. The number of hydrogen-bond acceptors (Lipinski definition) is 2. The van der Waals surface area contributed by atoms with Crippen LogP contribution >= 0.6 is 12.4 Å². The van der Waals surface area contributed by atoms with E-state index in [4.69, 9.17) is 5.11 Å². The fourth-order valence-electron chi connectivity index (χ4n) is 0.802. The molecule has 1 rings (SSSR count). The lowest BCUT2D eigenvalue weighted by Crippen LogP contribution is -2.53.